The molecule has 1 aliphatic rings. The SMILES string of the molecule is CC1(C)CN(CCCCNC(=O)c2ccccc2C(=O)O)C(=O)c2ccc(C(F)(F)F)nc2O1. The molecule has 2 amide bonds. The van der Waals surface area contributed by atoms with E-state index in [4.69, 9.17) is 4.74 Å². The number of nitrogens with zero attached hydrogens (tertiary/aromatic N) is 2. The molecule has 3 rings (SSSR count). The Bertz CT molecular complexity index is 1100. The smallest absolute Gasteiger partial charge is 0.433 e. The van der Waals surface area contributed by atoms with E-state index in [-0.39, 0.29) is 42.2 Å². The number of carboxylic acids is 1. The highest BCUT2D eigenvalue weighted by atomic mass is 19.4. The van der Waals surface area contributed by atoms with Crippen LogP contribution in [-0.4, -0.2) is 58.0 Å². The summed E-state index contributed by atoms with van der Waals surface area (Å²) in [6, 6.07) is 7.69. The molecule has 2 aromatic rings. The molecule has 0 fully saturated rings. The molecule has 0 unspecified atom stereocenters. The number of nitrogens with one attached hydrogen (secondary N) is 1. The summed E-state index contributed by atoms with van der Waals surface area (Å²) in [7, 11) is 0. The third-order valence-corrected chi connectivity index (χ3v) is 5.16. The molecule has 2 heterocycles. The number of hydrogen-bond acceptors (Lipinski definition) is 5. The molecule has 1 aromatic carbocycles. The van der Waals surface area contributed by atoms with Gasteiger partial charge in [-0.25, -0.2) is 9.78 Å². The van der Waals surface area contributed by atoms with Crippen LogP contribution >= 0.6 is 0 Å². The molecule has 182 valence electrons. The molecule has 2 N–H and O–H groups in total. The number of hydrogen-bond donors (Lipinski definition) is 2. The van der Waals surface area contributed by atoms with Gasteiger partial charge in [-0.05, 0) is 51.0 Å². The molecule has 0 aliphatic carbocycles. The zero-order valence-electron chi connectivity index (χ0n) is 18.6. The second-order valence-corrected chi connectivity index (χ2v) is 8.45. The van der Waals surface area contributed by atoms with Crippen LogP contribution < -0.4 is 10.1 Å². The van der Waals surface area contributed by atoms with Gasteiger partial charge in [-0.1, -0.05) is 12.1 Å². The average Bonchev–Trinajstić information content (AvgIpc) is 2.85. The molecule has 0 atom stereocenters. The van der Waals surface area contributed by atoms with E-state index >= 15 is 0 Å². The van der Waals surface area contributed by atoms with Crippen molar-refractivity contribution >= 4 is 17.8 Å². The van der Waals surface area contributed by atoms with Crippen molar-refractivity contribution in [3.63, 3.8) is 0 Å². The molecule has 0 spiro atoms. The molecule has 34 heavy (non-hydrogen) atoms. The van der Waals surface area contributed by atoms with Crippen molar-refractivity contribution in [3.05, 3.63) is 58.8 Å². The Morgan fingerprint density at radius 3 is 2.47 bits per heavy atom. The van der Waals surface area contributed by atoms with Gasteiger partial charge in [-0.15, -0.1) is 0 Å². The van der Waals surface area contributed by atoms with Crippen LogP contribution in [0.25, 0.3) is 0 Å². The van der Waals surface area contributed by atoms with Crippen molar-refractivity contribution in [2.75, 3.05) is 19.6 Å². The first-order valence-corrected chi connectivity index (χ1v) is 10.6. The number of rotatable bonds is 7. The van der Waals surface area contributed by atoms with Crippen molar-refractivity contribution < 1.29 is 37.4 Å². The summed E-state index contributed by atoms with van der Waals surface area (Å²) >= 11 is 0. The minimum atomic E-state index is -4.66. The third kappa shape index (κ3) is 5.83. The van der Waals surface area contributed by atoms with Crippen LogP contribution in [0.15, 0.2) is 36.4 Å². The minimum Gasteiger partial charge on any atom is -0.478 e. The van der Waals surface area contributed by atoms with Gasteiger partial charge in [0.1, 0.15) is 16.9 Å². The van der Waals surface area contributed by atoms with Crippen LogP contribution in [-0.2, 0) is 6.18 Å². The summed E-state index contributed by atoms with van der Waals surface area (Å²) in [6.07, 6.45) is -3.68. The lowest BCUT2D eigenvalue weighted by Crippen LogP contribution is -2.43. The number of pyridine rings is 1. The van der Waals surface area contributed by atoms with Gasteiger partial charge in [0.05, 0.1) is 17.7 Å². The minimum absolute atomic E-state index is 0.0443. The predicted octanol–water partition coefficient (Wildman–Crippen LogP) is 3.62. The number of ether oxygens (including phenoxy) is 1. The molecule has 8 nitrogen and oxygen atoms in total. The molecule has 0 saturated carbocycles. The number of alkyl halides is 3. The van der Waals surface area contributed by atoms with Crippen LogP contribution in [0, 0.1) is 0 Å². The number of amides is 2. The topological polar surface area (TPSA) is 109 Å². The van der Waals surface area contributed by atoms with Crippen molar-refractivity contribution in [2.45, 2.75) is 38.5 Å². The molecule has 11 heteroatoms. The average molecular weight is 479 g/mol. The maximum Gasteiger partial charge on any atom is 0.433 e. The summed E-state index contributed by atoms with van der Waals surface area (Å²) in [5, 5.41) is 11.9. The Labute approximate surface area is 193 Å². The number of fused-ring (bicyclic) bond motifs is 1. The van der Waals surface area contributed by atoms with E-state index in [1.54, 1.807) is 19.9 Å². The monoisotopic (exact) mass is 479 g/mol. The lowest BCUT2D eigenvalue weighted by molar-refractivity contribution is -0.141. The number of carboxylic acid groups (broad SMARTS) is 1. The fraction of sp³-hybridized carbons (Fsp3) is 0.391. The maximum atomic E-state index is 13.0. The van der Waals surface area contributed by atoms with Gasteiger partial charge < -0.3 is 20.1 Å². The Kier molecular flexibility index (Phi) is 7.13. The number of carbonyl (C=O) groups excluding carboxylic acids is 2. The van der Waals surface area contributed by atoms with E-state index in [0.29, 0.717) is 12.8 Å². The van der Waals surface area contributed by atoms with Crippen molar-refractivity contribution in [2.24, 2.45) is 0 Å². The molecule has 0 bridgehead atoms. The summed E-state index contributed by atoms with van der Waals surface area (Å²) in [4.78, 5) is 41.5. The van der Waals surface area contributed by atoms with E-state index in [9.17, 15) is 32.7 Å². The number of unbranched alkanes of at least 4 members (excludes halogenated alkanes) is 1. The van der Waals surface area contributed by atoms with Crippen LogP contribution in [0.1, 0.15) is 63.5 Å². The Morgan fingerprint density at radius 1 is 1.15 bits per heavy atom. The number of benzene rings is 1. The van der Waals surface area contributed by atoms with E-state index < -0.39 is 35.3 Å². The van der Waals surface area contributed by atoms with Crippen LogP contribution in [0.3, 0.4) is 0 Å². The van der Waals surface area contributed by atoms with E-state index in [2.05, 4.69) is 10.3 Å². The molecule has 0 radical (unpaired) electrons. The summed E-state index contributed by atoms with van der Waals surface area (Å²) in [5.41, 5.74) is -2.19. The largest absolute Gasteiger partial charge is 0.478 e. The van der Waals surface area contributed by atoms with Crippen molar-refractivity contribution in [1.82, 2.24) is 15.2 Å². The molecule has 1 aliphatic heterocycles. The first-order valence-electron chi connectivity index (χ1n) is 10.6. The molecule has 1 aromatic heterocycles. The van der Waals surface area contributed by atoms with Crippen molar-refractivity contribution in [3.8, 4) is 5.88 Å². The van der Waals surface area contributed by atoms with Gasteiger partial charge in [-0.3, -0.25) is 9.59 Å². The van der Waals surface area contributed by atoms with Crippen LogP contribution in [0.2, 0.25) is 0 Å². The first kappa shape index (κ1) is 25.0. The predicted molar refractivity (Wildman–Crippen MR) is 115 cm³/mol. The number of halogens is 3. The van der Waals surface area contributed by atoms with E-state index in [1.165, 1.54) is 23.1 Å². The standard InChI is InChI=1S/C23H24F3N3O5/c1-22(2)13-29(20(31)16-9-10-17(23(24,25)26)28-19(16)34-22)12-6-5-11-27-18(30)14-7-3-4-8-15(14)21(32)33/h3-4,7-10H,5-6,11-13H2,1-2H3,(H,27,30)(H,32,33). The van der Waals surface area contributed by atoms with E-state index in [0.717, 1.165) is 12.1 Å². The Balaban J connectivity index is 1.60. The second kappa shape index (κ2) is 9.70. The number of aromatic nitrogens is 1. The quantitative estimate of drug-likeness (QED) is 0.588. The van der Waals surface area contributed by atoms with Gasteiger partial charge in [0.2, 0.25) is 5.88 Å². The lowest BCUT2D eigenvalue weighted by atomic mass is 10.1. The molecule has 0 saturated heterocycles. The number of aromatic carboxylic acids is 1. The third-order valence-electron chi connectivity index (χ3n) is 5.16. The summed E-state index contributed by atoms with van der Waals surface area (Å²) in [6.45, 7) is 3.99. The van der Waals surface area contributed by atoms with Crippen molar-refractivity contribution in [1.29, 1.82) is 0 Å². The molecular formula is C23H24F3N3O5. The fourth-order valence-electron chi connectivity index (χ4n) is 3.61. The van der Waals surface area contributed by atoms with E-state index in [1.807, 2.05) is 0 Å². The second-order valence-electron chi connectivity index (χ2n) is 8.45. The lowest BCUT2D eigenvalue weighted by Gasteiger charge is -2.29. The maximum absolute atomic E-state index is 13.0. The first-order chi connectivity index (χ1) is 15.9. The summed E-state index contributed by atoms with van der Waals surface area (Å²) in [5.74, 6) is -2.55. The highest BCUT2D eigenvalue weighted by Gasteiger charge is 2.38. The normalized spacial score (nSPS) is 15.2. The van der Waals surface area contributed by atoms with Gasteiger partial charge in [0.25, 0.3) is 11.8 Å². The van der Waals surface area contributed by atoms with Gasteiger partial charge in [0.15, 0.2) is 0 Å². The zero-order valence-corrected chi connectivity index (χ0v) is 18.6. The highest BCUT2D eigenvalue weighted by Crippen LogP contribution is 2.33. The Hall–Kier alpha value is -3.63. The molecular weight excluding hydrogens is 455 g/mol. The zero-order chi connectivity index (χ0) is 25.1. The highest BCUT2D eigenvalue weighted by molar-refractivity contribution is 6.04. The van der Waals surface area contributed by atoms with Crippen LogP contribution in [0.4, 0.5) is 13.2 Å². The fourth-order valence-corrected chi connectivity index (χ4v) is 3.61. The van der Waals surface area contributed by atoms with Crippen LogP contribution in [0.5, 0.6) is 5.88 Å². The number of carbonyl (C=O) groups is 3. The van der Waals surface area contributed by atoms with Gasteiger partial charge >= 0.3 is 12.1 Å². The van der Waals surface area contributed by atoms with Gasteiger partial charge in [-0.2, -0.15) is 13.2 Å². The van der Waals surface area contributed by atoms with Gasteiger partial charge in [0, 0.05) is 13.1 Å². The Morgan fingerprint density at radius 2 is 1.82 bits per heavy atom. The summed E-state index contributed by atoms with van der Waals surface area (Å²) < 4.78 is 44.7.